The predicted octanol–water partition coefficient (Wildman–Crippen LogP) is 4.22. The highest BCUT2D eigenvalue weighted by atomic mass is 79.9. The van der Waals surface area contributed by atoms with Gasteiger partial charge >= 0.3 is 0 Å². The fourth-order valence-electron chi connectivity index (χ4n) is 1.67. The zero-order valence-corrected chi connectivity index (χ0v) is 12.4. The summed E-state index contributed by atoms with van der Waals surface area (Å²) >= 11 is 9.18. The van der Waals surface area contributed by atoms with Crippen molar-refractivity contribution in [1.29, 1.82) is 0 Å². The first kappa shape index (κ1) is 13.4. The Labute approximate surface area is 121 Å². The van der Waals surface area contributed by atoms with Gasteiger partial charge in [-0.3, -0.25) is 0 Å². The molecule has 94 valence electrons. The number of hydrogen-bond donors (Lipinski definition) is 0. The molecular formula is C14H14BrClN2. The largest absolute Gasteiger partial charge is 0.355 e. The van der Waals surface area contributed by atoms with E-state index in [0.29, 0.717) is 5.88 Å². The molecule has 0 aliphatic rings. The molecule has 0 radical (unpaired) electrons. The van der Waals surface area contributed by atoms with E-state index in [2.05, 4.69) is 37.9 Å². The smallest absolute Gasteiger partial charge is 0.128 e. The molecule has 0 amide bonds. The Kier molecular flexibility index (Phi) is 4.61. The zero-order chi connectivity index (χ0) is 13.0. The van der Waals surface area contributed by atoms with Gasteiger partial charge < -0.3 is 4.90 Å². The summed E-state index contributed by atoms with van der Waals surface area (Å²) in [6.07, 6.45) is 1.82. The van der Waals surface area contributed by atoms with Crippen LogP contribution < -0.4 is 4.90 Å². The van der Waals surface area contributed by atoms with Crippen LogP contribution in [0.15, 0.2) is 47.1 Å². The maximum atomic E-state index is 5.75. The van der Waals surface area contributed by atoms with E-state index in [1.54, 1.807) is 0 Å². The molecular weight excluding hydrogens is 312 g/mol. The number of hydrogen-bond acceptors (Lipinski definition) is 2. The number of anilines is 1. The van der Waals surface area contributed by atoms with Crippen molar-refractivity contribution in [2.24, 2.45) is 0 Å². The van der Waals surface area contributed by atoms with Gasteiger partial charge in [-0.05, 0) is 29.3 Å². The number of aromatic nitrogens is 1. The first-order valence-electron chi connectivity index (χ1n) is 5.65. The number of nitrogens with zero attached hydrogens (tertiary/aromatic N) is 2. The normalized spacial score (nSPS) is 10.4. The summed E-state index contributed by atoms with van der Waals surface area (Å²) in [5.74, 6) is 1.45. The van der Waals surface area contributed by atoms with E-state index in [0.717, 1.165) is 22.4 Å². The molecule has 0 fully saturated rings. The first-order valence-corrected chi connectivity index (χ1v) is 6.98. The fourth-order valence-corrected chi connectivity index (χ4v) is 2.09. The Hall–Kier alpha value is -1.06. The third kappa shape index (κ3) is 3.47. The lowest BCUT2D eigenvalue weighted by atomic mass is 10.2. The Balaban J connectivity index is 2.06. The number of halogens is 2. The Morgan fingerprint density at radius 1 is 1.11 bits per heavy atom. The molecule has 0 atom stereocenters. The molecule has 0 aliphatic heterocycles. The molecule has 1 heterocycles. The number of rotatable bonds is 4. The van der Waals surface area contributed by atoms with Gasteiger partial charge in [0.1, 0.15) is 5.82 Å². The molecule has 0 saturated heterocycles. The van der Waals surface area contributed by atoms with Crippen molar-refractivity contribution in [3.05, 3.63) is 58.2 Å². The standard InChI is InChI=1S/C14H14BrClN2/c1-18(10-11-2-5-13(15)6-3-11)14-7-4-12(8-16)9-17-14/h2-7,9H,8,10H2,1H3. The van der Waals surface area contributed by atoms with Crippen molar-refractivity contribution in [3.63, 3.8) is 0 Å². The second kappa shape index (κ2) is 6.21. The lowest BCUT2D eigenvalue weighted by Crippen LogP contribution is -2.17. The Morgan fingerprint density at radius 2 is 1.78 bits per heavy atom. The van der Waals surface area contributed by atoms with Crippen molar-refractivity contribution in [3.8, 4) is 0 Å². The van der Waals surface area contributed by atoms with Gasteiger partial charge in [0.25, 0.3) is 0 Å². The van der Waals surface area contributed by atoms with Crippen molar-refractivity contribution in [1.82, 2.24) is 4.98 Å². The van der Waals surface area contributed by atoms with Gasteiger partial charge in [0.15, 0.2) is 0 Å². The van der Waals surface area contributed by atoms with E-state index in [-0.39, 0.29) is 0 Å². The summed E-state index contributed by atoms with van der Waals surface area (Å²) < 4.78 is 1.10. The lowest BCUT2D eigenvalue weighted by molar-refractivity contribution is 0.896. The minimum absolute atomic E-state index is 0.504. The minimum atomic E-state index is 0.504. The summed E-state index contributed by atoms with van der Waals surface area (Å²) in [4.78, 5) is 6.51. The van der Waals surface area contributed by atoms with Gasteiger partial charge in [0.05, 0.1) is 0 Å². The van der Waals surface area contributed by atoms with E-state index in [9.17, 15) is 0 Å². The molecule has 1 aromatic heterocycles. The number of alkyl halides is 1. The van der Waals surface area contributed by atoms with Crippen LogP contribution in [0.25, 0.3) is 0 Å². The van der Waals surface area contributed by atoms with E-state index in [4.69, 9.17) is 11.6 Å². The quantitative estimate of drug-likeness (QED) is 0.782. The van der Waals surface area contributed by atoms with Crippen LogP contribution in [0, 0.1) is 0 Å². The molecule has 0 saturated carbocycles. The molecule has 18 heavy (non-hydrogen) atoms. The van der Waals surface area contributed by atoms with Gasteiger partial charge in [-0.25, -0.2) is 4.98 Å². The lowest BCUT2D eigenvalue weighted by Gasteiger charge is -2.18. The highest BCUT2D eigenvalue weighted by Crippen LogP contribution is 2.16. The molecule has 0 N–H and O–H groups in total. The van der Waals surface area contributed by atoms with E-state index in [1.165, 1.54) is 5.56 Å². The summed E-state index contributed by atoms with van der Waals surface area (Å²) in [7, 11) is 2.03. The highest BCUT2D eigenvalue weighted by Gasteiger charge is 2.03. The molecule has 0 aliphatic carbocycles. The van der Waals surface area contributed by atoms with Gasteiger partial charge in [0, 0.05) is 30.1 Å². The van der Waals surface area contributed by atoms with Crippen LogP contribution in [-0.4, -0.2) is 12.0 Å². The second-order valence-electron chi connectivity index (χ2n) is 4.14. The third-order valence-corrected chi connectivity index (χ3v) is 3.52. The van der Waals surface area contributed by atoms with Crippen LogP contribution in [0.4, 0.5) is 5.82 Å². The molecule has 0 bridgehead atoms. The molecule has 1 aromatic carbocycles. The maximum Gasteiger partial charge on any atom is 0.128 e. The van der Waals surface area contributed by atoms with Crippen molar-refractivity contribution in [2.45, 2.75) is 12.4 Å². The summed E-state index contributed by atoms with van der Waals surface area (Å²) in [6.45, 7) is 0.834. The van der Waals surface area contributed by atoms with Crippen molar-refractivity contribution in [2.75, 3.05) is 11.9 Å². The van der Waals surface area contributed by atoms with E-state index >= 15 is 0 Å². The number of benzene rings is 1. The molecule has 2 rings (SSSR count). The maximum absolute atomic E-state index is 5.75. The van der Waals surface area contributed by atoms with Crippen LogP contribution in [0.3, 0.4) is 0 Å². The van der Waals surface area contributed by atoms with Crippen LogP contribution in [-0.2, 0) is 12.4 Å². The van der Waals surface area contributed by atoms with Crippen LogP contribution in [0.2, 0.25) is 0 Å². The third-order valence-electron chi connectivity index (χ3n) is 2.69. The SMILES string of the molecule is CN(Cc1ccc(Br)cc1)c1ccc(CCl)cn1. The van der Waals surface area contributed by atoms with E-state index in [1.807, 2.05) is 37.5 Å². The average Bonchev–Trinajstić information content (AvgIpc) is 2.41. The number of pyridine rings is 1. The molecule has 2 aromatic rings. The molecule has 2 nitrogen and oxygen atoms in total. The van der Waals surface area contributed by atoms with Crippen LogP contribution >= 0.6 is 27.5 Å². The van der Waals surface area contributed by atoms with Gasteiger partial charge in [0.2, 0.25) is 0 Å². The predicted molar refractivity (Wildman–Crippen MR) is 80.0 cm³/mol. The summed E-state index contributed by atoms with van der Waals surface area (Å²) in [5, 5.41) is 0. The van der Waals surface area contributed by atoms with Crippen LogP contribution in [0.5, 0.6) is 0 Å². The van der Waals surface area contributed by atoms with Gasteiger partial charge in [-0.1, -0.05) is 34.1 Å². The highest BCUT2D eigenvalue weighted by molar-refractivity contribution is 9.10. The molecule has 4 heteroatoms. The average molecular weight is 326 g/mol. The molecule has 0 unspecified atom stereocenters. The van der Waals surface area contributed by atoms with Crippen molar-refractivity contribution >= 4 is 33.3 Å². The van der Waals surface area contributed by atoms with Gasteiger partial charge in [-0.2, -0.15) is 0 Å². The fraction of sp³-hybridized carbons (Fsp3) is 0.214. The van der Waals surface area contributed by atoms with Gasteiger partial charge in [-0.15, -0.1) is 11.6 Å². The molecule has 0 spiro atoms. The Bertz CT molecular complexity index is 496. The summed E-state index contributed by atoms with van der Waals surface area (Å²) in [6, 6.07) is 12.3. The van der Waals surface area contributed by atoms with E-state index < -0.39 is 0 Å². The minimum Gasteiger partial charge on any atom is -0.355 e. The topological polar surface area (TPSA) is 16.1 Å². The first-order chi connectivity index (χ1) is 8.69. The van der Waals surface area contributed by atoms with Crippen LogP contribution in [0.1, 0.15) is 11.1 Å². The summed E-state index contributed by atoms with van der Waals surface area (Å²) in [5.41, 5.74) is 2.29. The Morgan fingerprint density at radius 3 is 2.33 bits per heavy atom. The second-order valence-corrected chi connectivity index (χ2v) is 5.32. The zero-order valence-electron chi connectivity index (χ0n) is 10.1. The van der Waals surface area contributed by atoms with Crippen molar-refractivity contribution < 1.29 is 0 Å². The monoisotopic (exact) mass is 324 g/mol.